The van der Waals surface area contributed by atoms with Gasteiger partial charge in [0.05, 0.1) is 11.3 Å². The standard InChI is InChI=1S/C20H22N2O2/c1-3-14-24-20(23)18-15-17(21-10-4-5-11-21)6-7-19(18)22-12-8-16(2)9-13-22/h1,4-7,10-11,15-16H,8-9,12-14H2,2H3. The zero-order chi connectivity index (χ0) is 16.9. The van der Waals surface area contributed by atoms with Gasteiger partial charge in [-0.3, -0.25) is 0 Å². The van der Waals surface area contributed by atoms with E-state index < -0.39 is 0 Å². The molecule has 3 rings (SSSR count). The molecule has 0 radical (unpaired) electrons. The molecule has 0 amide bonds. The van der Waals surface area contributed by atoms with Crippen molar-refractivity contribution in [1.29, 1.82) is 0 Å². The summed E-state index contributed by atoms with van der Waals surface area (Å²) >= 11 is 0. The van der Waals surface area contributed by atoms with Crippen LogP contribution in [0.15, 0.2) is 42.7 Å². The molecule has 1 fully saturated rings. The number of terminal acetylenes is 1. The summed E-state index contributed by atoms with van der Waals surface area (Å²) in [6.07, 6.45) is 11.4. The Bertz CT molecular complexity index is 735. The summed E-state index contributed by atoms with van der Waals surface area (Å²) < 4.78 is 7.16. The van der Waals surface area contributed by atoms with Crippen LogP contribution in [0.1, 0.15) is 30.1 Å². The highest BCUT2D eigenvalue weighted by Crippen LogP contribution is 2.28. The van der Waals surface area contributed by atoms with Crippen molar-refractivity contribution >= 4 is 11.7 Å². The van der Waals surface area contributed by atoms with Crippen LogP contribution in [-0.4, -0.2) is 30.2 Å². The monoisotopic (exact) mass is 322 g/mol. The fraction of sp³-hybridized carbons (Fsp3) is 0.350. The zero-order valence-corrected chi connectivity index (χ0v) is 13.9. The number of aromatic nitrogens is 1. The maximum absolute atomic E-state index is 12.5. The Balaban J connectivity index is 1.94. The van der Waals surface area contributed by atoms with Crippen molar-refractivity contribution < 1.29 is 9.53 Å². The van der Waals surface area contributed by atoms with E-state index in [9.17, 15) is 4.79 Å². The van der Waals surface area contributed by atoms with Gasteiger partial charge in [0.25, 0.3) is 0 Å². The average Bonchev–Trinajstić information content (AvgIpc) is 3.14. The van der Waals surface area contributed by atoms with Crippen molar-refractivity contribution in [3.8, 4) is 18.0 Å². The number of benzene rings is 1. The number of anilines is 1. The first-order valence-electron chi connectivity index (χ1n) is 8.32. The lowest BCUT2D eigenvalue weighted by Gasteiger charge is -2.33. The van der Waals surface area contributed by atoms with E-state index in [-0.39, 0.29) is 12.6 Å². The highest BCUT2D eigenvalue weighted by Gasteiger charge is 2.22. The van der Waals surface area contributed by atoms with Crippen LogP contribution in [0.25, 0.3) is 5.69 Å². The molecule has 1 aliphatic heterocycles. The second kappa shape index (κ2) is 7.27. The molecule has 1 saturated heterocycles. The van der Waals surface area contributed by atoms with Gasteiger partial charge >= 0.3 is 5.97 Å². The Morgan fingerprint density at radius 2 is 2.00 bits per heavy atom. The van der Waals surface area contributed by atoms with E-state index in [1.165, 1.54) is 0 Å². The Labute approximate surface area is 143 Å². The van der Waals surface area contributed by atoms with Gasteiger partial charge in [-0.1, -0.05) is 12.8 Å². The minimum absolute atomic E-state index is 0.0109. The number of piperidine rings is 1. The lowest BCUT2D eigenvalue weighted by Crippen LogP contribution is -2.34. The molecule has 2 aromatic rings. The smallest absolute Gasteiger partial charge is 0.341 e. The Kier molecular flexibility index (Phi) is 4.90. The largest absolute Gasteiger partial charge is 0.449 e. The van der Waals surface area contributed by atoms with Gasteiger partial charge in [0.1, 0.15) is 0 Å². The fourth-order valence-electron chi connectivity index (χ4n) is 3.06. The van der Waals surface area contributed by atoms with E-state index >= 15 is 0 Å². The second-order valence-corrected chi connectivity index (χ2v) is 6.24. The summed E-state index contributed by atoms with van der Waals surface area (Å²) in [6, 6.07) is 9.84. The van der Waals surface area contributed by atoms with Crippen molar-refractivity contribution in [3.63, 3.8) is 0 Å². The molecule has 0 bridgehead atoms. The van der Waals surface area contributed by atoms with Crippen LogP contribution in [0, 0.1) is 18.3 Å². The van der Waals surface area contributed by atoms with E-state index in [2.05, 4.69) is 17.7 Å². The molecule has 0 unspecified atom stereocenters. The van der Waals surface area contributed by atoms with Crippen LogP contribution >= 0.6 is 0 Å². The van der Waals surface area contributed by atoms with Gasteiger partial charge in [0.2, 0.25) is 0 Å². The van der Waals surface area contributed by atoms with Gasteiger partial charge in [-0.25, -0.2) is 4.79 Å². The summed E-state index contributed by atoms with van der Waals surface area (Å²) in [5.41, 5.74) is 2.44. The minimum atomic E-state index is -0.365. The molecule has 2 heterocycles. The average molecular weight is 322 g/mol. The molecule has 124 valence electrons. The van der Waals surface area contributed by atoms with Gasteiger partial charge in [0, 0.05) is 31.2 Å². The van der Waals surface area contributed by atoms with Crippen LogP contribution < -0.4 is 4.90 Å². The van der Waals surface area contributed by atoms with Gasteiger partial charge in [-0.2, -0.15) is 0 Å². The molecule has 4 heteroatoms. The summed E-state index contributed by atoms with van der Waals surface area (Å²) in [5.74, 6) is 2.72. The SMILES string of the molecule is C#CCOC(=O)c1cc(-n2cccc2)ccc1N1CCC(C)CC1. The maximum atomic E-state index is 12.5. The Hall–Kier alpha value is -2.67. The van der Waals surface area contributed by atoms with Crippen LogP contribution in [0.4, 0.5) is 5.69 Å². The summed E-state index contributed by atoms with van der Waals surface area (Å²) in [7, 11) is 0. The van der Waals surface area contributed by atoms with Crippen molar-refractivity contribution in [1.82, 2.24) is 4.57 Å². The summed E-state index contributed by atoms with van der Waals surface area (Å²) in [6.45, 7) is 4.18. The van der Waals surface area contributed by atoms with Gasteiger partial charge < -0.3 is 14.2 Å². The van der Waals surface area contributed by atoms with Crippen LogP contribution in [0.3, 0.4) is 0 Å². The first-order valence-corrected chi connectivity index (χ1v) is 8.32. The number of esters is 1. The van der Waals surface area contributed by atoms with E-state index in [0.717, 1.165) is 43.2 Å². The number of nitrogens with zero attached hydrogens (tertiary/aromatic N) is 2. The predicted molar refractivity (Wildman–Crippen MR) is 95.5 cm³/mol. The fourth-order valence-corrected chi connectivity index (χ4v) is 3.06. The summed E-state index contributed by atoms with van der Waals surface area (Å²) in [5, 5.41) is 0. The first kappa shape index (κ1) is 16.2. The van der Waals surface area contributed by atoms with E-state index in [1.807, 2.05) is 47.3 Å². The third-order valence-corrected chi connectivity index (χ3v) is 4.51. The molecule has 0 aliphatic carbocycles. The molecular formula is C20H22N2O2. The molecule has 0 saturated carbocycles. The Morgan fingerprint density at radius 1 is 1.29 bits per heavy atom. The van der Waals surface area contributed by atoms with Crippen LogP contribution in [-0.2, 0) is 4.74 Å². The first-order chi connectivity index (χ1) is 11.7. The van der Waals surface area contributed by atoms with Crippen LogP contribution in [0.2, 0.25) is 0 Å². The lowest BCUT2D eigenvalue weighted by molar-refractivity contribution is 0.0557. The number of carbonyl (C=O) groups is 1. The van der Waals surface area contributed by atoms with E-state index in [1.54, 1.807) is 0 Å². The molecule has 1 aromatic carbocycles. The molecule has 0 N–H and O–H groups in total. The third kappa shape index (κ3) is 3.46. The highest BCUT2D eigenvalue weighted by molar-refractivity contribution is 5.96. The Morgan fingerprint density at radius 3 is 2.67 bits per heavy atom. The lowest BCUT2D eigenvalue weighted by atomic mass is 9.98. The second-order valence-electron chi connectivity index (χ2n) is 6.24. The van der Waals surface area contributed by atoms with Gasteiger partial charge in [0.15, 0.2) is 6.61 Å². The normalized spacial score (nSPS) is 15.1. The highest BCUT2D eigenvalue weighted by atomic mass is 16.5. The zero-order valence-electron chi connectivity index (χ0n) is 13.9. The molecule has 0 atom stereocenters. The molecule has 0 spiro atoms. The molecule has 1 aromatic heterocycles. The van der Waals surface area contributed by atoms with Crippen molar-refractivity contribution in [3.05, 3.63) is 48.3 Å². The van der Waals surface area contributed by atoms with Gasteiger partial charge in [-0.05, 0) is 49.1 Å². The topological polar surface area (TPSA) is 34.5 Å². The van der Waals surface area contributed by atoms with E-state index in [4.69, 9.17) is 11.2 Å². The van der Waals surface area contributed by atoms with Crippen molar-refractivity contribution in [2.45, 2.75) is 19.8 Å². The molecule has 24 heavy (non-hydrogen) atoms. The van der Waals surface area contributed by atoms with Crippen molar-refractivity contribution in [2.75, 3.05) is 24.6 Å². The third-order valence-electron chi connectivity index (χ3n) is 4.51. The van der Waals surface area contributed by atoms with E-state index in [0.29, 0.717) is 5.56 Å². The van der Waals surface area contributed by atoms with Crippen LogP contribution in [0.5, 0.6) is 0 Å². The predicted octanol–water partition coefficient (Wildman–Crippen LogP) is 3.50. The summed E-state index contributed by atoms with van der Waals surface area (Å²) in [4.78, 5) is 14.8. The number of rotatable bonds is 4. The maximum Gasteiger partial charge on any atom is 0.341 e. The van der Waals surface area contributed by atoms with Crippen molar-refractivity contribution in [2.24, 2.45) is 5.92 Å². The number of carbonyl (C=O) groups excluding carboxylic acids is 1. The quantitative estimate of drug-likeness (QED) is 0.638. The number of hydrogen-bond donors (Lipinski definition) is 0. The van der Waals surface area contributed by atoms with Gasteiger partial charge in [-0.15, -0.1) is 6.42 Å². The molecule has 1 aliphatic rings. The molecular weight excluding hydrogens is 300 g/mol. The molecule has 4 nitrogen and oxygen atoms in total. The minimum Gasteiger partial charge on any atom is -0.449 e. The number of ether oxygens (including phenoxy) is 1. The number of hydrogen-bond acceptors (Lipinski definition) is 3.